The fraction of sp³-hybridized carbons (Fsp3) is 0.533. The van der Waals surface area contributed by atoms with Crippen molar-refractivity contribution < 1.29 is 9.90 Å². The first-order valence-corrected chi connectivity index (χ1v) is 7.59. The van der Waals surface area contributed by atoms with Crippen molar-refractivity contribution >= 4 is 21.8 Å². The predicted octanol–water partition coefficient (Wildman–Crippen LogP) is 3.04. The van der Waals surface area contributed by atoms with E-state index < -0.39 is 6.10 Å². The summed E-state index contributed by atoms with van der Waals surface area (Å²) in [7, 11) is 0. The van der Waals surface area contributed by atoms with Gasteiger partial charge in [-0.15, -0.1) is 0 Å². The lowest BCUT2D eigenvalue weighted by molar-refractivity contribution is 0.0840. The number of carbonyl (C=O) groups excluding carboxylic acids is 1. The highest BCUT2D eigenvalue weighted by Crippen LogP contribution is 2.27. The van der Waals surface area contributed by atoms with E-state index in [1.165, 1.54) is 12.8 Å². The van der Waals surface area contributed by atoms with Crippen molar-refractivity contribution in [2.75, 3.05) is 6.54 Å². The maximum Gasteiger partial charge on any atom is 0.252 e. The minimum Gasteiger partial charge on any atom is -0.391 e. The van der Waals surface area contributed by atoms with Crippen LogP contribution >= 0.6 is 15.9 Å². The molecular formula is C15H20BrNO2. The lowest BCUT2D eigenvalue weighted by atomic mass is 10.0. The molecule has 1 aromatic rings. The smallest absolute Gasteiger partial charge is 0.252 e. The molecule has 4 heteroatoms. The number of halogens is 1. The number of hydrogen-bond acceptors (Lipinski definition) is 2. The van der Waals surface area contributed by atoms with Crippen LogP contribution in [0.3, 0.4) is 0 Å². The molecule has 0 radical (unpaired) electrons. The van der Waals surface area contributed by atoms with E-state index in [1.807, 2.05) is 19.1 Å². The van der Waals surface area contributed by atoms with Crippen LogP contribution in [0.1, 0.15) is 41.6 Å². The molecule has 2 N–H and O–H groups in total. The molecule has 1 aliphatic carbocycles. The molecule has 0 aromatic heterocycles. The van der Waals surface area contributed by atoms with E-state index in [0.717, 1.165) is 22.9 Å². The third kappa shape index (κ3) is 3.80. The van der Waals surface area contributed by atoms with Crippen LogP contribution in [0.2, 0.25) is 0 Å². The van der Waals surface area contributed by atoms with E-state index in [0.29, 0.717) is 18.0 Å². The van der Waals surface area contributed by atoms with Crippen molar-refractivity contribution in [3.8, 4) is 0 Å². The van der Waals surface area contributed by atoms with Crippen LogP contribution in [0.5, 0.6) is 0 Å². The van der Waals surface area contributed by atoms with Gasteiger partial charge in [0, 0.05) is 11.0 Å². The summed E-state index contributed by atoms with van der Waals surface area (Å²) in [6.07, 6.45) is 4.12. The SMILES string of the molecule is Cc1ccc(C(=O)NC[C@H](O)C2CCCC2)c(Br)c1. The summed E-state index contributed by atoms with van der Waals surface area (Å²) in [6.45, 7) is 2.32. The van der Waals surface area contributed by atoms with Crippen LogP contribution in [0, 0.1) is 12.8 Å². The Morgan fingerprint density at radius 2 is 2.16 bits per heavy atom. The van der Waals surface area contributed by atoms with E-state index in [1.54, 1.807) is 6.07 Å². The molecule has 0 bridgehead atoms. The van der Waals surface area contributed by atoms with Gasteiger partial charge in [-0.05, 0) is 59.3 Å². The van der Waals surface area contributed by atoms with Crippen molar-refractivity contribution in [3.05, 3.63) is 33.8 Å². The monoisotopic (exact) mass is 325 g/mol. The molecule has 104 valence electrons. The first-order chi connectivity index (χ1) is 9.08. The molecule has 2 rings (SSSR count). The molecule has 19 heavy (non-hydrogen) atoms. The molecule has 3 nitrogen and oxygen atoms in total. The number of nitrogens with one attached hydrogen (secondary N) is 1. The van der Waals surface area contributed by atoms with Crippen molar-refractivity contribution in [2.45, 2.75) is 38.7 Å². The highest BCUT2D eigenvalue weighted by Gasteiger charge is 2.23. The highest BCUT2D eigenvalue weighted by atomic mass is 79.9. The van der Waals surface area contributed by atoms with Crippen molar-refractivity contribution in [2.24, 2.45) is 5.92 Å². The molecule has 1 amide bonds. The van der Waals surface area contributed by atoms with Gasteiger partial charge in [-0.1, -0.05) is 18.9 Å². The van der Waals surface area contributed by atoms with Crippen molar-refractivity contribution in [3.63, 3.8) is 0 Å². The average Bonchev–Trinajstić information content (AvgIpc) is 2.89. The molecule has 1 atom stereocenters. The first kappa shape index (κ1) is 14.5. The Balaban J connectivity index is 1.90. The first-order valence-electron chi connectivity index (χ1n) is 6.80. The van der Waals surface area contributed by atoms with Crippen LogP contribution in [0.4, 0.5) is 0 Å². The van der Waals surface area contributed by atoms with Crippen LogP contribution < -0.4 is 5.32 Å². The third-order valence-corrected chi connectivity index (χ3v) is 4.44. The fourth-order valence-electron chi connectivity index (χ4n) is 2.61. The summed E-state index contributed by atoms with van der Waals surface area (Å²) < 4.78 is 0.792. The Bertz CT molecular complexity index is 455. The second kappa shape index (κ2) is 6.53. The zero-order chi connectivity index (χ0) is 13.8. The van der Waals surface area contributed by atoms with Gasteiger partial charge >= 0.3 is 0 Å². The molecule has 1 saturated carbocycles. The van der Waals surface area contributed by atoms with Gasteiger partial charge in [0.05, 0.1) is 11.7 Å². The molecule has 0 spiro atoms. The Morgan fingerprint density at radius 1 is 1.47 bits per heavy atom. The molecule has 1 aromatic carbocycles. The van der Waals surface area contributed by atoms with E-state index in [-0.39, 0.29) is 5.91 Å². The lowest BCUT2D eigenvalue weighted by Crippen LogP contribution is -2.35. The maximum absolute atomic E-state index is 12.0. The van der Waals surface area contributed by atoms with Gasteiger partial charge in [0.1, 0.15) is 0 Å². The average molecular weight is 326 g/mol. The Morgan fingerprint density at radius 3 is 2.79 bits per heavy atom. The Hall–Kier alpha value is -0.870. The molecular weight excluding hydrogens is 306 g/mol. The minimum absolute atomic E-state index is 0.135. The van der Waals surface area contributed by atoms with E-state index in [2.05, 4.69) is 21.2 Å². The van der Waals surface area contributed by atoms with Gasteiger partial charge in [0.25, 0.3) is 5.91 Å². The number of benzene rings is 1. The number of hydrogen-bond donors (Lipinski definition) is 2. The number of amides is 1. The van der Waals surface area contributed by atoms with Gasteiger partial charge in [-0.2, -0.15) is 0 Å². The predicted molar refractivity (Wildman–Crippen MR) is 79.2 cm³/mol. The number of carbonyl (C=O) groups is 1. The summed E-state index contributed by atoms with van der Waals surface area (Å²) in [4.78, 5) is 12.0. The number of aliphatic hydroxyl groups excluding tert-OH is 1. The summed E-state index contributed by atoms with van der Waals surface area (Å²) in [5.74, 6) is 0.214. The molecule has 1 aliphatic rings. The summed E-state index contributed by atoms with van der Waals surface area (Å²) >= 11 is 3.40. The normalized spacial score (nSPS) is 17.4. The maximum atomic E-state index is 12.0. The van der Waals surface area contributed by atoms with E-state index >= 15 is 0 Å². The van der Waals surface area contributed by atoms with Crippen LogP contribution in [0.25, 0.3) is 0 Å². The third-order valence-electron chi connectivity index (χ3n) is 3.78. The molecule has 0 heterocycles. The number of rotatable bonds is 4. The van der Waals surface area contributed by atoms with E-state index in [9.17, 15) is 9.90 Å². The van der Waals surface area contributed by atoms with Crippen LogP contribution in [-0.4, -0.2) is 23.7 Å². The van der Waals surface area contributed by atoms with Gasteiger partial charge in [0.15, 0.2) is 0 Å². The quantitative estimate of drug-likeness (QED) is 0.893. The van der Waals surface area contributed by atoms with Crippen LogP contribution in [-0.2, 0) is 0 Å². The number of aliphatic hydroxyl groups is 1. The second-order valence-corrected chi connectivity index (χ2v) is 6.16. The van der Waals surface area contributed by atoms with Gasteiger partial charge < -0.3 is 10.4 Å². The van der Waals surface area contributed by atoms with Gasteiger partial charge in [0.2, 0.25) is 0 Å². The van der Waals surface area contributed by atoms with Crippen LogP contribution in [0.15, 0.2) is 22.7 Å². The zero-order valence-electron chi connectivity index (χ0n) is 11.2. The summed E-state index contributed by atoms with van der Waals surface area (Å²) in [5.41, 5.74) is 1.72. The lowest BCUT2D eigenvalue weighted by Gasteiger charge is -2.18. The molecule has 0 unspecified atom stereocenters. The molecule has 1 fully saturated rings. The van der Waals surface area contributed by atoms with Crippen molar-refractivity contribution in [1.29, 1.82) is 0 Å². The summed E-state index contributed by atoms with van der Waals surface area (Å²) in [5, 5.41) is 12.8. The Labute approximate surface area is 122 Å². The topological polar surface area (TPSA) is 49.3 Å². The highest BCUT2D eigenvalue weighted by molar-refractivity contribution is 9.10. The molecule has 0 saturated heterocycles. The standard InChI is InChI=1S/C15H20BrNO2/c1-10-6-7-12(13(16)8-10)15(19)17-9-14(18)11-4-2-3-5-11/h6-8,11,14,18H,2-5,9H2,1H3,(H,17,19)/t14-/m0/s1. The van der Waals surface area contributed by atoms with Gasteiger partial charge in [-0.3, -0.25) is 4.79 Å². The van der Waals surface area contributed by atoms with Crippen molar-refractivity contribution in [1.82, 2.24) is 5.32 Å². The zero-order valence-corrected chi connectivity index (χ0v) is 12.7. The number of aryl methyl sites for hydroxylation is 1. The fourth-order valence-corrected chi connectivity index (χ4v) is 3.28. The van der Waals surface area contributed by atoms with Gasteiger partial charge in [-0.25, -0.2) is 0 Å². The Kier molecular flexibility index (Phi) is 4.99. The van der Waals surface area contributed by atoms with E-state index in [4.69, 9.17) is 0 Å². The second-order valence-electron chi connectivity index (χ2n) is 5.31. The minimum atomic E-state index is -0.421. The molecule has 0 aliphatic heterocycles. The largest absolute Gasteiger partial charge is 0.391 e. The summed E-state index contributed by atoms with van der Waals surface area (Å²) in [6, 6.07) is 5.63.